The minimum atomic E-state index is -5.08. The van der Waals surface area contributed by atoms with Crippen molar-refractivity contribution in [3.05, 3.63) is 120 Å². The highest BCUT2D eigenvalue weighted by Gasteiger charge is 2.38. The van der Waals surface area contributed by atoms with Crippen LogP contribution in [0.2, 0.25) is 0 Å². The number of aliphatic carboxylic acids is 1. The number of amides is 2. The van der Waals surface area contributed by atoms with Crippen molar-refractivity contribution in [1.82, 2.24) is 14.4 Å². The normalized spacial score (nSPS) is 14.0. The molecule has 0 aliphatic carbocycles. The molecule has 0 spiro atoms. The van der Waals surface area contributed by atoms with Gasteiger partial charge in [0.2, 0.25) is 0 Å². The van der Waals surface area contributed by atoms with E-state index in [1.165, 1.54) is 11.3 Å². The summed E-state index contributed by atoms with van der Waals surface area (Å²) in [6.07, 6.45) is 2.08. The highest BCUT2D eigenvalue weighted by Crippen LogP contribution is 2.29. The highest BCUT2D eigenvalue weighted by molar-refractivity contribution is 7.90. The van der Waals surface area contributed by atoms with Crippen LogP contribution in [-0.4, -0.2) is 58.6 Å². The van der Waals surface area contributed by atoms with Crippen molar-refractivity contribution in [2.45, 2.75) is 23.5 Å². The van der Waals surface area contributed by atoms with Crippen molar-refractivity contribution in [1.29, 1.82) is 0 Å². The topological polar surface area (TPSA) is 145 Å². The van der Waals surface area contributed by atoms with Crippen molar-refractivity contribution in [3.8, 4) is 11.8 Å². The Kier molecular flexibility index (Phi) is 10.00. The summed E-state index contributed by atoms with van der Waals surface area (Å²) in [5, 5.41) is 19.1. The molecule has 0 saturated carbocycles. The molecule has 3 N–H and O–H groups in total. The van der Waals surface area contributed by atoms with Gasteiger partial charge in [-0.3, -0.25) is 4.40 Å². The number of carbonyl (C=O) groups is 2. The molecule has 1 aliphatic rings. The monoisotopic (exact) mass is 688 g/mol. The number of hydrogen-bond acceptors (Lipinski definition) is 7. The van der Waals surface area contributed by atoms with Gasteiger partial charge in [-0.05, 0) is 66.1 Å². The molecule has 250 valence electrons. The summed E-state index contributed by atoms with van der Waals surface area (Å²) in [4.78, 5) is 26.7. The number of halogens is 3. The van der Waals surface area contributed by atoms with E-state index in [-0.39, 0.29) is 17.0 Å². The van der Waals surface area contributed by atoms with Crippen molar-refractivity contribution >= 4 is 50.8 Å². The maximum atomic E-state index is 13.0. The number of imidazole rings is 1. The van der Waals surface area contributed by atoms with Gasteiger partial charge in [0.05, 0.1) is 22.8 Å². The number of rotatable bonds is 5. The zero-order chi connectivity index (χ0) is 35.2. The lowest BCUT2D eigenvalue weighted by Gasteiger charge is -2.22. The number of nitrogens with zero attached hydrogens (tertiary/aromatic N) is 4. The average molecular weight is 689 g/mol. The van der Waals surface area contributed by atoms with Crippen LogP contribution in [0.15, 0.2) is 113 Å². The van der Waals surface area contributed by atoms with Gasteiger partial charge >= 0.3 is 18.2 Å². The second-order valence-electron chi connectivity index (χ2n) is 10.5. The van der Waals surface area contributed by atoms with E-state index < -0.39 is 22.0 Å². The second-order valence-corrected chi connectivity index (χ2v) is 12.6. The van der Waals surface area contributed by atoms with Crippen LogP contribution in [0.3, 0.4) is 0 Å². The molecule has 5 aromatic rings. The summed E-state index contributed by atoms with van der Waals surface area (Å²) in [6, 6.07) is 27.1. The first kappa shape index (κ1) is 34.2. The number of pyridine rings is 1. The molecule has 3 heterocycles. The lowest BCUT2D eigenvalue weighted by atomic mass is 10.1. The van der Waals surface area contributed by atoms with Crippen LogP contribution >= 0.6 is 0 Å². The number of fused-ring (bicyclic) bond motifs is 1. The molecule has 2 aromatic heterocycles. The zero-order valence-corrected chi connectivity index (χ0v) is 26.4. The van der Waals surface area contributed by atoms with Crippen molar-refractivity contribution in [2.24, 2.45) is 5.10 Å². The number of urea groups is 1. The van der Waals surface area contributed by atoms with E-state index >= 15 is 0 Å². The fourth-order valence-corrected chi connectivity index (χ4v) is 5.33. The van der Waals surface area contributed by atoms with Crippen LogP contribution in [-0.2, 0) is 14.6 Å². The number of sulfone groups is 1. The van der Waals surface area contributed by atoms with Gasteiger partial charge < -0.3 is 15.7 Å². The Bertz CT molecular complexity index is 2190. The maximum Gasteiger partial charge on any atom is 0.490 e. The number of carboxylic acids is 1. The van der Waals surface area contributed by atoms with Gasteiger partial charge in [-0.15, -0.1) is 0 Å². The summed E-state index contributed by atoms with van der Waals surface area (Å²) in [5.74, 6) is 3.58. The molecular weight excluding hydrogens is 661 g/mol. The molecule has 11 nitrogen and oxygen atoms in total. The Morgan fingerprint density at radius 1 is 0.939 bits per heavy atom. The largest absolute Gasteiger partial charge is 0.490 e. The molecule has 0 fully saturated rings. The maximum absolute atomic E-state index is 13.0. The third kappa shape index (κ3) is 8.62. The minimum absolute atomic E-state index is 0.143. The lowest BCUT2D eigenvalue weighted by molar-refractivity contribution is -0.192. The van der Waals surface area contributed by atoms with Crippen molar-refractivity contribution < 1.29 is 36.3 Å². The number of benzene rings is 3. The minimum Gasteiger partial charge on any atom is -0.475 e. The van der Waals surface area contributed by atoms with Gasteiger partial charge in [-0.2, -0.15) is 18.3 Å². The number of hydrazone groups is 1. The number of alkyl halides is 3. The van der Waals surface area contributed by atoms with Crippen LogP contribution in [0.5, 0.6) is 0 Å². The van der Waals surface area contributed by atoms with Crippen molar-refractivity contribution in [3.63, 3.8) is 0 Å². The van der Waals surface area contributed by atoms with Crippen LogP contribution in [0.1, 0.15) is 29.3 Å². The molecule has 49 heavy (non-hydrogen) atoms. The van der Waals surface area contributed by atoms with Gasteiger partial charge in [0.15, 0.2) is 15.5 Å². The molecule has 0 bridgehead atoms. The fourth-order valence-electron chi connectivity index (χ4n) is 4.70. The van der Waals surface area contributed by atoms with E-state index in [1.54, 1.807) is 36.7 Å². The molecule has 1 unspecified atom stereocenters. The summed E-state index contributed by atoms with van der Waals surface area (Å²) < 4.78 is 57.1. The Balaban J connectivity index is 0.000000606. The SMILES string of the molecule is CS(=O)(=O)c1ccc(Nc2cccn3c(C#Cc4cccc(NC(=O)N5N=CCC5c5ccccc5)c4)cnc23)cc1.O=C(O)C(F)(F)F. The third-order valence-electron chi connectivity index (χ3n) is 7.01. The van der Waals surface area contributed by atoms with Gasteiger partial charge in [0.1, 0.15) is 5.69 Å². The zero-order valence-electron chi connectivity index (χ0n) is 25.6. The van der Waals surface area contributed by atoms with Gasteiger partial charge in [0.25, 0.3) is 0 Å². The Labute approximate surface area is 278 Å². The number of hydrogen-bond donors (Lipinski definition) is 3. The van der Waals surface area contributed by atoms with E-state index in [2.05, 4.69) is 32.6 Å². The predicted octanol–water partition coefficient (Wildman–Crippen LogP) is 6.48. The van der Waals surface area contributed by atoms with E-state index in [9.17, 15) is 26.4 Å². The predicted molar refractivity (Wildman–Crippen MR) is 177 cm³/mol. The smallest absolute Gasteiger partial charge is 0.475 e. The summed E-state index contributed by atoms with van der Waals surface area (Å²) >= 11 is 0. The molecule has 0 saturated heterocycles. The Morgan fingerprint density at radius 2 is 1.65 bits per heavy atom. The third-order valence-corrected chi connectivity index (χ3v) is 8.14. The summed E-state index contributed by atoms with van der Waals surface area (Å²) in [5.41, 5.74) is 5.22. The molecule has 1 atom stereocenters. The number of nitrogens with one attached hydrogen (secondary N) is 2. The molecule has 2 amide bonds. The second kappa shape index (κ2) is 14.3. The van der Waals surface area contributed by atoms with E-state index in [0.717, 1.165) is 22.5 Å². The first-order valence-electron chi connectivity index (χ1n) is 14.4. The highest BCUT2D eigenvalue weighted by atomic mass is 32.2. The number of carbonyl (C=O) groups excluding carboxylic acids is 1. The number of aromatic nitrogens is 2. The quantitative estimate of drug-likeness (QED) is 0.179. The molecule has 3 aromatic carbocycles. The first-order chi connectivity index (χ1) is 23.3. The Morgan fingerprint density at radius 3 is 2.33 bits per heavy atom. The van der Waals surface area contributed by atoms with E-state index in [4.69, 9.17) is 9.90 Å². The van der Waals surface area contributed by atoms with E-state index in [0.29, 0.717) is 23.4 Å². The van der Waals surface area contributed by atoms with Crippen LogP contribution in [0.4, 0.5) is 35.0 Å². The lowest BCUT2D eigenvalue weighted by Crippen LogP contribution is -2.31. The molecular formula is C34H27F3N6O5S. The molecule has 15 heteroatoms. The molecule has 0 radical (unpaired) electrons. The summed E-state index contributed by atoms with van der Waals surface area (Å²) in [6.45, 7) is 0. The number of carboxylic acid groups (broad SMARTS) is 1. The standard InChI is InChI=1S/C32H26N6O3S.C2HF3O2/c1-42(40,41)28-16-13-25(14-17-28)35-29-11-6-20-37-27(22-33-31(29)37)15-12-23-7-5-10-26(21-23)36-32(39)38-30(18-19-34-38)24-8-3-2-4-9-24;3-2(4,5)1(6)7/h2-11,13-14,16-17,19-22,30,35H,18H2,1H3,(H,36,39);(H,6,7). The molecule has 1 aliphatic heterocycles. The van der Waals surface area contributed by atoms with Crippen LogP contribution in [0.25, 0.3) is 5.65 Å². The van der Waals surface area contributed by atoms with Crippen molar-refractivity contribution in [2.75, 3.05) is 16.9 Å². The summed E-state index contributed by atoms with van der Waals surface area (Å²) in [7, 11) is -3.27. The number of anilines is 3. The first-order valence-corrected chi connectivity index (χ1v) is 16.3. The van der Waals surface area contributed by atoms with Crippen LogP contribution < -0.4 is 10.6 Å². The molecule has 6 rings (SSSR count). The average Bonchev–Trinajstić information content (AvgIpc) is 3.73. The fraction of sp³-hybridized carbons (Fsp3) is 0.118. The van der Waals surface area contributed by atoms with E-state index in [1.807, 2.05) is 77.3 Å². The van der Waals surface area contributed by atoms with Gasteiger partial charge in [-0.25, -0.2) is 28.0 Å². The van der Waals surface area contributed by atoms with Gasteiger partial charge in [0, 0.05) is 42.0 Å². The Hall–Kier alpha value is -6.14. The van der Waals surface area contributed by atoms with Crippen LogP contribution in [0, 0.1) is 11.8 Å². The van der Waals surface area contributed by atoms with Gasteiger partial charge in [-0.1, -0.05) is 42.3 Å².